The Bertz CT molecular complexity index is 988. The maximum Gasteiger partial charge on any atom is 0.337 e. The number of nitrogens with two attached hydrogens (primary N) is 1. The van der Waals surface area contributed by atoms with Gasteiger partial charge in [-0.05, 0) is 30.5 Å². The normalized spacial score (nSPS) is 18.4. The van der Waals surface area contributed by atoms with E-state index < -0.39 is 17.9 Å². The van der Waals surface area contributed by atoms with Gasteiger partial charge in [-0.1, -0.05) is 12.1 Å². The van der Waals surface area contributed by atoms with E-state index in [2.05, 4.69) is 10.4 Å². The van der Waals surface area contributed by atoms with Crippen molar-refractivity contribution in [1.29, 1.82) is 0 Å². The number of allylic oxidation sites excluding steroid dienone is 2. The number of amides is 1. The molecule has 1 unspecified atom stereocenters. The van der Waals surface area contributed by atoms with Crippen LogP contribution < -0.4 is 11.1 Å². The van der Waals surface area contributed by atoms with Gasteiger partial charge < -0.3 is 15.8 Å². The first-order chi connectivity index (χ1) is 13.0. The van der Waals surface area contributed by atoms with Crippen molar-refractivity contribution < 1.29 is 19.1 Å². The number of hydrogen-bond acceptors (Lipinski definition) is 6. The summed E-state index contributed by atoms with van der Waals surface area (Å²) in [6, 6.07) is 6.35. The number of ether oxygens (including phenoxy) is 1. The number of hydrogen-bond donors (Lipinski definition) is 2. The van der Waals surface area contributed by atoms with Gasteiger partial charge in [0.05, 0.1) is 18.9 Å². The molecule has 3 N–H and O–H groups in total. The first-order valence-corrected chi connectivity index (χ1v) is 8.60. The first-order valence-electron chi connectivity index (χ1n) is 8.60. The van der Waals surface area contributed by atoms with Crippen LogP contribution in [0.25, 0.3) is 0 Å². The van der Waals surface area contributed by atoms with E-state index >= 15 is 0 Å². The van der Waals surface area contributed by atoms with Crippen LogP contribution in [-0.2, 0) is 9.53 Å². The van der Waals surface area contributed by atoms with Crippen LogP contribution >= 0.6 is 0 Å². The van der Waals surface area contributed by atoms with Crippen LogP contribution in [0.5, 0.6) is 0 Å². The molecule has 0 fully saturated rings. The zero-order valence-corrected chi connectivity index (χ0v) is 14.7. The Labute approximate surface area is 155 Å². The monoisotopic (exact) mass is 366 g/mol. The van der Waals surface area contributed by atoms with Crippen molar-refractivity contribution in [3.63, 3.8) is 0 Å². The van der Waals surface area contributed by atoms with Gasteiger partial charge in [-0.15, -0.1) is 0 Å². The van der Waals surface area contributed by atoms with E-state index in [-0.39, 0.29) is 11.3 Å². The Morgan fingerprint density at radius 2 is 2.00 bits per heavy atom. The van der Waals surface area contributed by atoms with Crippen molar-refractivity contribution in [2.45, 2.75) is 25.3 Å². The van der Waals surface area contributed by atoms with Crippen LogP contribution in [-0.4, -0.2) is 34.6 Å². The van der Waals surface area contributed by atoms with E-state index in [1.54, 1.807) is 28.9 Å². The van der Waals surface area contributed by atoms with Gasteiger partial charge in [-0.25, -0.2) is 9.48 Å². The molecule has 1 atom stereocenters. The van der Waals surface area contributed by atoms with E-state index in [4.69, 9.17) is 10.5 Å². The molecule has 1 aromatic heterocycles. The number of anilines is 1. The lowest BCUT2D eigenvalue weighted by Crippen LogP contribution is -2.32. The molecule has 0 spiro atoms. The van der Waals surface area contributed by atoms with E-state index in [1.165, 1.54) is 13.3 Å². The van der Waals surface area contributed by atoms with Crippen molar-refractivity contribution in [3.8, 4) is 0 Å². The number of ketones is 1. The Morgan fingerprint density at radius 1 is 1.26 bits per heavy atom. The molecule has 2 aromatic rings. The summed E-state index contributed by atoms with van der Waals surface area (Å²) < 4.78 is 6.34. The van der Waals surface area contributed by atoms with E-state index in [0.717, 1.165) is 17.7 Å². The molecule has 2 aliphatic rings. The number of carbonyl (C=O) groups is 3. The molecule has 1 aromatic carbocycles. The number of carbonyl (C=O) groups excluding carboxylic acids is 3. The number of methoxy groups -OCH3 is 1. The van der Waals surface area contributed by atoms with E-state index in [9.17, 15) is 14.4 Å². The Hall–Kier alpha value is -3.42. The van der Waals surface area contributed by atoms with Gasteiger partial charge in [0.1, 0.15) is 17.4 Å². The molecule has 138 valence electrons. The van der Waals surface area contributed by atoms with Gasteiger partial charge in [-0.2, -0.15) is 5.10 Å². The molecule has 1 aliphatic carbocycles. The highest BCUT2D eigenvalue weighted by Gasteiger charge is 2.37. The molecule has 2 heterocycles. The molecule has 27 heavy (non-hydrogen) atoms. The molecular weight excluding hydrogens is 348 g/mol. The SMILES string of the molecule is COC(=O)c1ccc(C2C3=C(CCCC3=O)Nc3c(C(N)=O)cnn32)cc1. The number of benzene rings is 1. The van der Waals surface area contributed by atoms with E-state index in [1.807, 2.05) is 0 Å². The molecule has 1 aliphatic heterocycles. The number of primary amides is 1. The number of esters is 1. The number of fused-ring (bicyclic) bond motifs is 1. The number of nitrogens with zero attached hydrogens (tertiary/aromatic N) is 2. The minimum atomic E-state index is -0.588. The maximum atomic E-state index is 12.7. The second-order valence-electron chi connectivity index (χ2n) is 6.53. The third-order valence-electron chi connectivity index (χ3n) is 4.95. The minimum Gasteiger partial charge on any atom is -0.465 e. The summed E-state index contributed by atoms with van der Waals surface area (Å²) in [5, 5.41) is 7.49. The molecule has 0 saturated carbocycles. The summed E-state index contributed by atoms with van der Waals surface area (Å²) in [6.45, 7) is 0. The fraction of sp³-hybridized carbons (Fsp3) is 0.263. The van der Waals surface area contributed by atoms with E-state index in [0.29, 0.717) is 29.8 Å². The smallest absolute Gasteiger partial charge is 0.337 e. The number of rotatable bonds is 3. The molecule has 0 saturated heterocycles. The minimum absolute atomic E-state index is 0.0487. The summed E-state index contributed by atoms with van der Waals surface area (Å²) in [6.07, 6.45) is 3.33. The van der Waals surface area contributed by atoms with Crippen molar-refractivity contribution in [2.24, 2.45) is 5.73 Å². The second kappa shape index (κ2) is 6.39. The largest absolute Gasteiger partial charge is 0.465 e. The van der Waals surface area contributed by atoms with Gasteiger partial charge in [-0.3, -0.25) is 9.59 Å². The summed E-state index contributed by atoms with van der Waals surface area (Å²) in [5.74, 6) is -0.489. The fourth-order valence-corrected chi connectivity index (χ4v) is 3.67. The van der Waals surface area contributed by atoms with Gasteiger partial charge in [0.15, 0.2) is 5.78 Å². The molecule has 8 nitrogen and oxygen atoms in total. The summed E-state index contributed by atoms with van der Waals surface area (Å²) in [4.78, 5) is 36.1. The Morgan fingerprint density at radius 3 is 2.67 bits per heavy atom. The third-order valence-corrected chi connectivity index (χ3v) is 4.95. The average Bonchev–Trinajstić information content (AvgIpc) is 3.10. The van der Waals surface area contributed by atoms with Crippen molar-refractivity contribution in [1.82, 2.24) is 9.78 Å². The first kappa shape index (κ1) is 17.0. The lowest BCUT2D eigenvalue weighted by molar-refractivity contribution is -0.116. The van der Waals surface area contributed by atoms with Crippen LogP contribution in [0.2, 0.25) is 0 Å². The zero-order chi connectivity index (χ0) is 19.1. The van der Waals surface area contributed by atoms with Crippen LogP contribution in [0.15, 0.2) is 41.7 Å². The standard InChI is InChI=1S/C19H18N4O4/c1-27-19(26)11-7-5-10(6-8-11)16-15-13(3-2-4-14(15)24)22-18-12(17(20)25)9-21-23(16)18/h5-9,16,22H,2-4H2,1H3,(H2,20,25). The van der Waals surface area contributed by atoms with Crippen LogP contribution in [0.4, 0.5) is 5.82 Å². The zero-order valence-electron chi connectivity index (χ0n) is 14.7. The highest BCUT2D eigenvalue weighted by Crippen LogP contribution is 2.41. The molecule has 4 rings (SSSR count). The topological polar surface area (TPSA) is 116 Å². The molecular formula is C19H18N4O4. The van der Waals surface area contributed by atoms with Crippen LogP contribution in [0.1, 0.15) is 51.6 Å². The van der Waals surface area contributed by atoms with Crippen LogP contribution in [0.3, 0.4) is 0 Å². The van der Waals surface area contributed by atoms with Gasteiger partial charge >= 0.3 is 5.97 Å². The number of aromatic nitrogens is 2. The summed E-state index contributed by atoms with van der Waals surface area (Å²) in [5.41, 5.74) is 8.37. The summed E-state index contributed by atoms with van der Waals surface area (Å²) >= 11 is 0. The van der Waals surface area contributed by atoms with Crippen molar-refractivity contribution in [2.75, 3.05) is 12.4 Å². The summed E-state index contributed by atoms with van der Waals surface area (Å²) in [7, 11) is 1.32. The quantitative estimate of drug-likeness (QED) is 0.800. The predicted octanol–water partition coefficient (Wildman–Crippen LogP) is 1.79. The lowest BCUT2D eigenvalue weighted by atomic mass is 9.85. The van der Waals surface area contributed by atoms with Gasteiger partial charge in [0.25, 0.3) is 5.91 Å². The molecule has 0 bridgehead atoms. The number of Topliss-reactive ketones (excluding diaryl/α,β-unsaturated/α-hetero) is 1. The van der Waals surface area contributed by atoms with Gasteiger partial charge in [0, 0.05) is 17.7 Å². The number of nitrogens with one attached hydrogen (secondary N) is 1. The molecule has 0 radical (unpaired) electrons. The second-order valence-corrected chi connectivity index (χ2v) is 6.53. The van der Waals surface area contributed by atoms with Crippen molar-refractivity contribution >= 4 is 23.5 Å². The van der Waals surface area contributed by atoms with Crippen molar-refractivity contribution in [3.05, 3.63) is 58.4 Å². The van der Waals surface area contributed by atoms with Gasteiger partial charge in [0.2, 0.25) is 0 Å². The van der Waals surface area contributed by atoms with Crippen LogP contribution in [0, 0.1) is 0 Å². The highest BCUT2D eigenvalue weighted by atomic mass is 16.5. The third kappa shape index (κ3) is 2.69. The fourth-order valence-electron chi connectivity index (χ4n) is 3.67. The Kier molecular flexibility index (Phi) is 4.02. The Balaban J connectivity index is 1.86. The predicted molar refractivity (Wildman–Crippen MR) is 96.2 cm³/mol. The lowest BCUT2D eigenvalue weighted by Gasteiger charge is -2.33. The molecule has 1 amide bonds. The molecule has 8 heteroatoms. The average molecular weight is 366 g/mol. The maximum absolute atomic E-state index is 12.7. The highest BCUT2D eigenvalue weighted by molar-refractivity contribution is 6.02.